The summed E-state index contributed by atoms with van der Waals surface area (Å²) in [7, 11) is 0. The molecule has 2 amide bonds. The highest BCUT2D eigenvalue weighted by Crippen LogP contribution is 2.24. The average molecular weight is 552 g/mol. The number of nitrogens with two attached hydrogens (primary N) is 2. The van der Waals surface area contributed by atoms with E-state index in [0.717, 1.165) is 0 Å². The van der Waals surface area contributed by atoms with Crippen LogP contribution in [0.1, 0.15) is 71.6 Å². The van der Waals surface area contributed by atoms with E-state index in [1.165, 1.54) is 6.20 Å². The van der Waals surface area contributed by atoms with Gasteiger partial charge in [0.2, 0.25) is 5.89 Å². The Morgan fingerprint density at radius 1 is 1.20 bits per heavy atom. The Labute approximate surface area is 211 Å². The highest BCUT2D eigenvalue weighted by molar-refractivity contribution is 9.10. The van der Waals surface area contributed by atoms with Gasteiger partial charge in [-0.3, -0.25) is 19.6 Å². The highest BCUT2D eigenvalue weighted by atomic mass is 79.9. The van der Waals surface area contributed by atoms with E-state index in [2.05, 4.69) is 41.5 Å². The van der Waals surface area contributed by atoms with Crippen LogP contribution >= 0.6 is 15.9 Å². The van der Waals surface area contributed by atoms with Gasteiger partial charge < -0.3 is 31.6 Å². The number of hydrogen-bond acceptors (Lipinski definition) is 7. The highest BCUT2D eigenvalue weighted by Gasteiger charge is 2.28. The number of aryl methyl sites for hydroxylation is 1. The number of carboxylic acids is 1. The van der Waals surface area contributed by atoms with Gasteiger partial charge in [0, 0.05) is 23.4 Å². The molecule has 190 valence electrons. The van der Waals surface area contributed by atoms with Crippen molar-refractivity contribution in [3.8, 4) is 0 Å². The number of aliphatic imine (C=N–C) groups is 1. The Kier molecular flexibility index (Phi) is 10.2. The van der Waals surface area contributed by atoms with Gasteiger partial charge in [0.1, 0.15) is 17.8 Å². The molecule has 2 aromatic heterocycles. The van der Waals surface area contributed by atoms with Crippen LogP contribution in [0, 0.1) is 12.8 Å². The third-order valence-corrected chi connectivity index (χ3v) is 5.29. The molecule has 2 rings (SSSR count). The monoisotopic (exact) mass is 551 g/mol. The van der Waals surface area contributed by atoms with Gasteiger partial charge in [-0.05, 0) is 54.1 Å². The van der Waals surface area contributed by atoms with Crippen molar-refractivity contribution in [2.45, 2.75) is 52.1 Å². The molecular weight excluding hydrogens is 522 g/mol. The number of nitrogens with zero attached hydrogens (tertiary/aromatic N) is 3. The lowest BCUT2D eigenvalue weighted by molar-refractivity contribution is -0.139. The molecular formula is C22H30BrN7O5. The summed E-state index contributed by atoms with van der Waals surface area (Å²) in [6, 6.07) is -0.142. The van der Waals surface area contributed by atoms with Crippen molar-refractivity contribution in [3.05, 3.63) is 45.8 Å². The van der Waals surface area contributed by atoms with E-state index in [1.54, 1.807) is 19.2 Å². The van der Waals surface area contributed by atoms with Crippen molar-refractivity contribution >= 4 is 39.7 Å². The van der Waals surface area contributed by atoms with E-state index in [1.807, 2.05) is 13.8 Å². The summed E-state index contributed by atoms with van der Waals surface area (Å²) in [5.41, 5.74) is 10.8. The van der Waals surface area contributed by atoms with E-state index in [4.69, 9.17) is 15.9 Å². The Bertz CT molecular complexity index is 1080. The number of aliphatic carboxylic acids is 1. The molecule has 13 heteroatoms. The number of rotatable bonds is 12. The fourth-order valence-corrected chi connectivity index (χ4v) is 3.60. The molecule has 12 nitrogen and oxygen atoms in total. The molecule has 0 spiro atoms. The van der Waals surface area contributed by atoms with Crippen LogP contribution in [-0.4, -0.2) is 51.4 Å². The van der Waals surface area contributed by atoms with Crippen molar-refractivity contribution in [1.82, 2.24) is 20.6 Å². The van der Waals surface area contributed by atoms with Crippen molar-refractivity contribution in [2.75, 3.05) is 6.54 Å². The van der Waals surface area contributed by atoms with Crippen LogP contribution in [0.25, 0.3) is 0 Å². The summed E-state index contributed by atoms with van der Waals surface area (Å²) in [5, 5.41) is 14.8. The van der Waals surface area contributed by atoms with Gasteiger partial charge in [-0.15, -0.1) is 0 Å². The summed E-state index contributed by atoms with van der Waals surface area (Å²) in [6.07, 6.45) is 3.97. The lowest BCUT2D eigenvalue weighted by atomic mass is 10.0. The molecule has 0 aromatic carbocycles. The van der Waals surface area contributed by atoms with Crippen molar-refractivity contribution < 1.29 is 23.9 Å². The number of guanidine groups is 1. The molecule has 2 aromatic rings. The van der Waals surface area contributed by atoms with Crippen molar-refractivity contribution in [2.24, 2.45) is 22.4 Å². The zero-order valence-electron chi connectivity index (χ0n) is 19.7. The number of carbonyl (C=O) groups is 3. The number of aromatic nitrogens is 2. The normalized spacial score (nSPS) is 12.6. The first kappa shape index (κ1) is 27.8. The van der Waals surface area contributed by atoms with E-state index >= 15 is 0 Å². The number of amides is 2. The average Bonchev–Trinajstić information content (AvgIpc) is 3.16. The van der Waals surface area contributed by atoms with Gasteiger partial charge in [-0.1, -0.05) is 13.8 Å². The van der Waals surface area contributed by atoms with Gasteiger partial charge in [0.15, 0.2) is 11.7 Å². The van der Waals surface area contributed by atoms with E-state index in [9.17, 15) is 19.5 Å². The standard InChI is InChI=1S/C22H30BrN7O5/c1-11(2)7-16(29-18(31)13-8-14(23)10-26-9-13)20-30-17(12(3)35-20)19(32)28-15(21(33)34)5-4-6-27-22(24)25/h8-11,15-16H,4-7H2,1-3H3,(H,28,32)(H,29,31)(H,33,34)(H4,24,25,27). The number of halogens is 1. The van der Waals surface area contributed by atoms with Crippen molar-refractivity contribution in [1.29, 1.82) is 0 Å². The predicted octanol–water partition coefficient (Wildman–Crippen LogP) is 1.89. The topological polar surface area (TPSA) is 199 Å². The molecule has 2 atom stereocenters. The number of hydrogen-bond donors (Lipinski definition) is 5. The molecule has 2 unspecified atom stereocenters. The summed E-state index contributed by atoms with van der Waals surface area (Å²) >= 11 is 3.29. The van der Waals surface area contributed by atoms with Crippen LogP contribution in [0.15, 0.2) is 32.3 Å². The fraction of sp³-hybridized carbons (Fsp3) is 0.455. The third kappa shape index (κ3) is 8.67. The zero-order valence-corrected chi connectivity index (χ0v) is 21.3. The van der Waals surface area contributed by atoms with Gasteiger partial charge >= 0.3 is 5.97 Å². The van der Waals surface area contributed by atoms with Gasteiger partial charge in [-0.2, -0.15) is 0 Å². The zero-order chi connectivity index (χ0) is 26.1. The molecule has 7 N–H and O–H groups in total. The van der Waals surface area contributed by atoms with E-state index in [0.29, 0.717) is 22.9 Å². The Morgan fingerprint density at radius 2 is 1.91 bits per heavy atom. The molecule has 35 heavy (non-hydrogen) atoms. The Morgan fingerprint density at radius 3 is 2.51 bits per heavy atom. The maximum atomic E-state index is 12.8. The number of nitrogens with one attached hydrogen (secondary N) is 2. The second kappa shape index (κ2) is 12.8. The first-order valence-electron chi connectivity index (χ1n) is 11.0. The van der Waals surface area contributed by atoms with Gasteiger partial charge in [-0.25, -0.2) is 9.78 Å². The molecule has 0 saturated carbocycles. The van der Waals surface area contributed by atoms with Crippen LogP contribution in [0.2, 0.25) is 0 Å². The fourth-order valence-electron chi connectivity index (χ4n) is 3.23. The van der Waals surface area contributed by atoms with E-state index < -0.39 is 24.0 Å². The van der Waals surface area contributed by atoms with E-state index in [-0.39, 0.29) is 48.1 Å². The van der Waals surface area contributed by atoms with Crippen LogP contribution in [0.4, 0.5) is 0 Å². The van der Waals surface area contributed by atoms with Crippen LogP contribution < -0.4 is 22.1 Å². The first-order chi connectivity index (χ1) is 16.5. The Hall–Kier alpha value is -3.48. The number of oxazole rings is 1. The minimum absolute atomic E-state index is 0.0531. The minimum Gasteiger partial charge on any atom is -0.480 e. The van der Waals surface area contributed by atoms with Gasteiger partial charge in [0.05, 0.1) is 5.56 Å². The maximum absolute atomic E-state index is 12.8. The minimum atomic E-state index is -1.20. The molecule has 0 aliphatic carbocycles. The molecule has 0 radical (unpaired) electrons. The van der Waals surface area contributed by atoms with Crippen LogP contribution in [-0.2, 0) is 4.79 Å². The predicted molar refractivity (Wildman–Crippen MR) is 132 cm³/mol. The molecule has 2 heterocycles. The summed E-state index contributed by atoms with van der Waals surface area (Å²) in [5.74, 6) is -1.84. The Balaban J connectivity index is 2.17. The van der Waals surface area contributed by atoms with Crippen molar-refractivity contribution in [3.63, 3.8) is 0 Å². The lowest BCUT2D eigenvalue weighted by Crippen LogP contribution is -2.41. The summed E-state index contributed by atoms with van der Waals surface area (Å²) < 4.78 is 6.38. The quantitative estimate of drug-likeness (QED) is 0.148. The molecule has 0 aliphatic heterocycles. The third-order valence-electron chi connectivity index (χ3n) is 4.85. The number of pyridine rings is 1. The second-order valence-corrected chi connectivity index (χ2v) is 9.23. The van der Waals surface area contributed by atoms with Crippen LogP contribution in [0.5, 0.6) is 0 Å². The largest absolute Gasteiger partial charge is 0.480 e. The molecule has 0 saturated heterocycles. The maximum Gasteiger partial charge on any atom is 0.326 e. The molecule has 0 aliphatic rings. The first-order valence-corrected chi connectivity index (χ1v) is 11.7. The van der Waals surface area contributed by atoms with Gasteiger partial charge in [0.25, 0.3) is 11.8 Å². The second-order valence-electron chi connectivity index (χ2n) is 8.32. The molecule has 0 bridgehead atoms. The molecule has 0 fully saturated rings. The summed E-state index contributed by atoms with van der Waals surface area (Å²) in [4.78, 5) is 49.2. The summed E-state index contributed by atoms with van der Waals surface area (Å²) in [6.45, 7) is 5.73. The van der Waals surface area contributed by atoms with Crippen LogP contribution in [0.3, 0.4) is 0 Å². The number of carbonyl (C=O) groups excluding carboxylic acids is 2. The SMILES string of the molecule is Cc1oc(C(CC(C)C)NC(=O)c2cncc(Br)c2)nc1C(=O)NC(CCCN=C(N)N)C(=O)O. The smallest absolute Gasteiger partial charge is 0.326 e. The lowest BCUT2D eigenvalue weighted by Gasteiger charge is -2.17. The number of carboxylic acid groups (broad SMARTS) is 1.